The smallest absolute Gasteiger partial charge is 0.270 e. The van der Waals surface area contributed by atoms with Gasteiger partial charge >= 0.3 is 0 Å². The highest BCUT2D eigenvalue weighted by Crippen LogP contribution is 2.51. The van der Waals surface area contributed by atoms with E-state index in [9.17, 15) is 24.5 Å². The van der Waals surface area contributed by atoms with E-state index in [1.54, 1.807) is 11.1 Å². The van der Waals surface area contributed by atoms with E-state index in [4.69, 9.17) is 0 Å². The molecule has 3 heterocycles. The second kappa shape index (κ2) is 6.10. The molecule has 0 bridgehead atoms. The molecule has 2 aromatic rings. The van der Waals surface area contributed by atoms with Gasteiger partial charge in [-0.15, -0.1) is 0 Å². The van der Waals surface area contributed by atoms with Crippen LogP contribution in [0.15, 0.2) is 54.7 Å². The van der Waals surface area contributed by atoms with Crippen LogP contribution in [0.2, 0.25) is 0 Å². The van der Waals surface area contributed by atoms with E-state index in [1.165, 1.54) is 24.3 Å². The zero-order valence-electron chi connectivity index (χ0n) is 15.0. The lowest BCUT2D eigenvalue weighted by Crippen LogP contribution is -2.42. The summed E-state index contributed by atoms with van der Waals surface area (Å²) in [6.45, 7) is 0. The lowest BCUT2D eigenvalue weighted by atomic mass is 9.83. The molecule has 5 rings (SSSR count). The van der Waals surface area contributed by atoms with Crippen molar-refractivity contribution in [1.82, 2.24) is 10.2 Å². The summed E-state index contributed by atoms with van der Waals surface area (Å²) in [5.41, 5.74) is 1.75. The summed E-state index contributed by atoms with van der Waals surface area (Å²) >= 11 is 0. The van der Waals surface area contributed by atoms with Gasteiger partial charge in [-0.3, -0.25) is 29.8 Å². The molecule has 0 unspecified atom stereocenters. The van der Waals surface area contributed by atoms with E-state index >= 15 is 0 Å². The van der Waals surface area contributed by atoms with Crippen LogP contribution in [0.4, 0.5) is 5.69 Å². The third-order valence-corrected chi connectivity index (χ3v) is 5.91. The van der Waals surface area contributed by atoms with Crippen LogP contribution in [-0.2, 0) is 9.59 Å². The zero-order chi connectivity index (χ0) is 20.3. The fourth-order valence-electron chi connectivity index (χ4n) is 4.72. The highest BCUT2D eigenvalue weighted by molar-refractivity contribution is 6.12. The molecule has 3 aliphatic heterocycles. The number of non-ortho nitro benzene ring substituents is 1. The molecule has 144 valence electrons. The topological polar surface area (TPSA) is 110 Å². The fraction of sp³-hybridized carbons (Fsp3) is 0.190. The van der Waals surface area contributed by atoms with Crippen LogP contribution in [0.5, 0.6) is 0 Å². The number of fused-ring (bicyclic) bond motifs is 5. The first-order valence-electron chi connectivity index (χ1n) is 9.15. The third kappa shape index (κ3) is 2.42. The first-order chi connectivity index (χ1) is 14.0. The van der Waals surface area contributed by atoms with Gasteiger partial charge in [-0.1, -0.05) is 36.4 Å². The van der Waals surface area contributed by atoms with Gasteiger partial charge in [0.05, 0.1) is 22.8 Å². The maximum Gasteiger partial charge on any atom is 0.270 e. The highest BCUT2D eigenvalue weighted by atomic mass is 16.6. The molecule has 2 fully saturated rings. The number of benzene rings is 2. The van der Waals surface area contributed by atoms with Crippen LogP contribution < -0.4 is 5.32 Å². The Hall–Kier alpha value is -3.81. The molecule has 8 heteroatoms. The van der Waals surface area contributed by atoms with E-state index in [2.05, 4.69) is 5.32 Å². The van der Waals surface area contributed by atoms with E-state index in [-0.39, 0.29) is 11.3 Å². The number of nitrogens with zero attached hydrogens (tertiary/aromatic N) is 2. The normalized spacial score (nSPS) is 26.6. The number of imide groups is 1. The number of Topliss-reactive ketones (excluding diaryl/α,β-unsaturated/α-hetero) is 1. The molecule has 2 aromatic carbocycles. The monoisotopic (exact) mass is 389 g/mol. The number of ketones is 1. The van der Waals surface area contributed by atoms with Crippen molar-refractivity contribution in [3.63, 3.8) is 0 Å². The molecule has 0 radical (unpaired) electrons. The predicted molar refractivity (Wildman–Crippen MR) is 101 cm³/mol. The van der Waals surface area contributed by atoms with Gasteiger partial charge in [0.1, 0.15) is 6.04 Å². The maximum atomic E-state index is 13.4. The SMILES string of the molecule is O=C1NC(=O)[C@@H]2[C@@H]1[C@H]1c3ccccc3C=CN1[C@H]2C(=O)c1cccc([N+](=O)[O-])c1. The van der Waals surface area contributed by atoms with Crippen LogP contribution in [0, 0.1) is 22.0 Å². The Morgan fingerprint density at radius 3 is 2.59 bits per heavy atom. The molecular formula is C21H15N3O5. The molecular weight excluding hydrogens is 374 g/mol. The Morgan fingerprint density at radius 2 is 1.79 bits per heavy atom. The van der Waals surface area contributed by atoms with Gasteiger partial charge in [-0.25, -0.2) is 0 Å². The second-order valence-corrected chi connectivity index (χ2v) is 7.36. The molecule has 0 spiro atoms. The van der Waals surface area contributed by atoms with Crippen molar-refractivity contribution in [2.24, 2.45) is 11.8 Å². The summed E-state index contributed by atoms with van der Waals surface area (Å²) in [5, 5.41) is 13.5. The molecule has 2 saturated heterocycles. The largest absolute Gasteiger partial charge is 0.358 e. The van der Waals surface area contributed by atoms with Crippen molar-refractivity contribution in [1.29, 1.82) is 0 Å². The number of carbonyl (C=O) groups excluding carboxylic acids is 3. The van der Waals surface area contributed by atoms with E-state index in [0.29, 0.717) is 0 Å². The average molecular weight is 389 g/mol. The lowest BCUT2D eigenvalue weighted by molar-refractivity contribution is -0.384. The van der Waals surface area contributed by atoms with Crippen molar-refractivity contribution in [2.75, 3.05) is 0 Å². The Balaban J connectivity index is 1.63. The number of nitrogens with one attached hydrogen (secondary N) is 1. The van der Waals surface area contributed by atoms with Gasteiger partial charge in [-0.05, 0) is 17.2 Å². The summed E-state index contributed by atoms with van der Waals surface area (Å²) < 4.78 is 0. The molecule has 8 nitrogen and oxygen atoms in total. The minimum Gasteiger partial charge on any atom is -0.358 e. The lowest BCUT2D eigenvalue weighted by Gasteiger charge is -2.34. The molecule has 4 atom stereocenters. The van der Waals surface area contributed by atoms with Gasteiger partial charge in [0, 0.05) is 23.9 Å². The van der Waals surface area contributed by atoms with Crippen molar-refractivity contribution in [3.8, 4) is 0 Å². The van der Waals surface area contributed by atoms with Crippen LogP contribution in [-0.4, -0.2) is 33.5 Å². The first kappa shape index (κ1) is 17.3. The van der Waals surface area contributed by atoms with Crippen LogP contribution in [0.3, 0.4) is 0 Å². The van der Waals surface area contributed by atoms with E-state index in [0.717, 1.165) is 11.1 Å². The molecule has 1 N–H and O–H groups in total. The Kier molecular flexibility index (Phi) is 3.64. The Bertz CT molecular complexity index is 1120. The Labute approximate surface area is 165 Å². The summed E-state index contributed by atoms with van der Waals surface area (Å²) in [7, 11) is 0. The van der Waals surface area contributed by atoms with Crippen LogP contribution >= 0.6 is 0 Å². The van der Waals surface area contributed by atoms with Gasteiger partial charge in [0.2, 0.25) is 11.8 Å². The van der Waals surface area contributed by atoms with Crippen LogP contribution in [0.1, 0.15) is 27.5 Å². The fourth-order valence-corrected chi connectivity index (χ4v) is 4.72. The minimum atomic E-state index is -0.914. The third-order valence-electron chi connectivity index (χ3n) is 5.91. The number of amides is 2. The molecule has 3 aliphatic rings. The van der Waals surface area contributed by atoms with E-state index in [1.807, 2.05) is 30.3 Å². The predicted octanol–water partition coefficient (Wildman–Crippen LogP) is 2.08. The van der Waals surface area contributed by atoms with Crippen molar-refractivity contribution < 1.29 is 19.3 Å². The second-order valence-electron chi connectivity index (χ2n) is 7.36. The number of hydrogen-bond donors (Lipinski definition) is 1. The molecule has 29 heavy (non-hydrogen) atoms. The summed E-state index contributed by atoms with van der Waals surface area (Å²) in [5.74, 6) is -2.84. The summed E-state index contributed by atoms with van der Waals surface area (Å²) in [6.07, 6.45) is 3.59. The Morgan fingerprint density at radius 1 is 1.03 bits per heavy atom. The number of carbonyl (C=O) groups is 3. The number of nitro groups is 1. The highest BCUT2D eigenvalue weighted by Gasteiger charge is 2.61. The average Bonchev–Trinajstić information content (AvgIpc) is 3.22. The minimum absolute atomic E-state index is 0.142. The zero-order valence-corrected chi connectivity index (χ0v) is 15.0. The molecule has 0 aliphatic carbocycles. The standard InChI is InChI=1S/C21H15N3O5/c25-19(12-5-3-6-13(10-12)24(28)29)18-16-15(20(26)22-21(16)27)17-14-7-2-1-4-11(14)8-9-23(17)18/h1-10,15-18H,(H,22,26,27)/t15-,16-,17-,18-/m1/s1. The number of rotatable bonds is 3. The number of hydrogen-bond acceptors (Lipinski definition) is 6. The van der Waals surface area contributed by atoms with Crippen molar-refractivity contribution in [3.05, 3.63) is 81.5 Å². The van der Waals surface area contributed by atoms with Crippen LogP contribution in [0.25, 0.3) is 6.08 Å². The first-order valence-corrected chi connectivity index (χ1v) is 9.15. The van der Waals surface area contributed by atoms with Gasteiger partial charge in [0.25, 0.3) is 5.69 Å². The van der Waals surface area contributed by atoms with Crippen molar-refractivity contribution >= 4 is 29.4 Å². The quantitative estimate of drug-likeness (QED) is 0.373. The van der Waals surface area contributed by atoms with Crippen molar-refractivity contribution in [2.45, 2.75) is 12.1 Å². The molecule has 2 amide bonds. The molecule has 0 saturated carbocycles. The van der Waals surface area contributed by atoms with Gasteiger partial charge < -0.3 is 4.90 Å². The van der Waals surface area contributed by atoms with Gasteiger partial charge in [-0.2, -0.15) is 0 Å². The maximum absolute atomic E-state index is 13.4. The summed E-state index contributed by atoms with van der Waals surface area (Å²) in [6, 6.07) is 11.6. The number of nitro benzene ring substituents is 1. The molecule has 0 aromatic heterocycles. The summed E-state index contributed by atoms with van der Waals surface area (Å²) in [4.78, 5) is 50.9. The van der Waals surface area contributed by atoms with Gasteiger partial charge in [0.15, 0.2) is 5.78 Å². The van der Waals surface area contributed by atoms with E-state index < -0.39 is 46.4 Å².